The van der Waals surface area contributed by atoms with Crippen LogP contribution in [0.5, 0.6) is 0 Å². The van der Waals surface area contributed by atoms with Gasteiger partial charge in [0.05, 0.1) is 12.7 Å². The monoisotopic (exact) mass is 424 g/mol. The third-order valence-electron chi connectivity index (χ3n) is 4.80. The van der Waals surface area contributed by atoms with Gasteiger partial charge in [0, 0.05) is 24.0 Å². The fourth-order valence-corrected chi connectivity index (χ4v) is 3.10. The molecule has 0 spiro atoms. The van der Waals surface area contributed by atoms with Crippen molar-refractivity contribution in [3.05, 3.63) is 53.0 Å². The molecule has 3 N–H and O–H groups in total. The lowest BCUT2D eigenvalue weighted by Crippen LogP contribution is -2.32. The molecule has 0 saturated heterocycles. The Morgan fingerprint density at radius 3 is 2.58 bits per heavy atom. The molecule has 0 saturated carbocycles. The average Bonchev–Trinajstić information content (AvgIpc) is 3.05. The van der Waals surface area contributed by atoms with Crippen molar-refractivity contribution < 1.29 is 14.4 Å². The first-order valence-corrected chi connectivity index (χ1v) is 9.93. The summed E-state index contributed by atoms with van der Waals surface area (Å²) >= 11 is 0. The SMILES string of the molecule is CONC(=O)c1ccc(C)c(Nc2ncnn3cc(C(=O)NCC(C)(C)C)c(C)c23)c1. The number of carbonyl (C=O) groups is 2. The molecule has 9 heteroatoms. The molecule has 9 nitrogen and oxygen atoms in total. The molecular weight excluding hydrogens is 396 g/mol. The number of rotatable bonds is 6. The number of nitrogens with one attached hydrogen (secondary N) is 3. The highest BCUT2D eigenvalue weighted by atomic mass is 16.6. The third kappa shape index (κ3) is 5.00. The van der Waals surface area contributed by atoms with Gasteiger partial charge in [-0.1, -0.05) is 26.8 Å². The molecule has 0 unspecified atom stereocenters. The zero-order chi connectivity index (χ0) is 22.8. The Morgan fingerprint density at radius 1 is 1.16 bits per heavy atom. The van der Waals surface area contributed by atoms with Crippen LogP contribution in [0.1, 0.15) is 52.6 Å². The first kappa shape index (κ1) is 22.2. The van der Waals surface area contributed by atoms with Crippen molar-refractivity contribution in [2.45, 2.75) is 34.6 Å². The molecular formula is C22H28N6O3. The Labute approximate surface area is 181 Å². The molecule has 0 aliphatic carbocycles. The second-order valence-corrected chi connectivity index (χ2v) is 8.60. The van der Waals surface area contributed by atoms with Crippen LogP contribution in [-0.4, -0.2) is 40.1 Å². The normalized spacial score (nSPS) is 11.4. The topological polar surface area (TPSA) is 110 Å². The van der Waals surface area contributed by atoms with Crippen molar-refractivity contribution in [3.63, 3.8) is 0 Å². The summed E-state index contributed by atoms with van der Waals surface area (Å²) in [6, 6.07) is 5.27. The molecule has 0 bridgehead atoms. The Balaban J connectivity index is 1.96. The molecule has 31 heavy (non-hydrogen) atoms. The lowest BCUT2D eigenvalue weighted by atomic mass is 9.97. The first-order valence-electron chi connectivity index (χ1n) is 9.93. The summed E-state index contributed by atoms with van der Waals surface area (Å²) in [5.41, 5.74) is 6.36. The van der Waals surface area contributed by atoms with E-state index in [9.17, 15) is 9.59 Å². The van der Waals surface area contributed by atoms with E-state index in [1.54, 1.807) is 22.8 Å². The van der Waals surface area contributed by atoms with Crippen LogP contribution in [0, 0.1) is 19.3 Å². The Kier molecular flexibility index (Phi) is 6.26. The second-order valence-electron chi connectivity index (χ2n) is 8.60. The van der Waals surface area contributed by atoms with Gasteiger partial charge in [-0.2, -0.15) is 5.10 Å². The highest BCUT2D eigenvalue weighted by Crippen LogP contribution is 2.27. The maximum atomic E-state index is 12.7. The summed E-state index contributed by atoms with van der Waals surface area (Å²) < 4.78 is 1.63. The number of hydroxylamine groups is 1. The van der Waals surface area contributed by atoms with Gasteiger partial charge in [0.25, 0.3) is 11.8 Å². The number of amides is 2. The van der Waals surface area contributed by atoms with Crippen molar-refractivity contribution in [3.8, 4) is 0 Å². The van der Waals surface area contributed by atoms with Crippen LogP contribution in [0.4, 0.5) is 11.5 Å². The van der Waals surface area contributed by atoms with Crippen molar-refractivity contribution in [1.82, 2.24) is 25.4 Å². The number of aromatic nitrogens is 3. The molecule has 0 radical (unpaired) electrons. The predicted octanol–water partition coefficient (Wildman–Crippen LogP) is 3.16. The molecule has 2 amide bonds. The summed E-state index contributed by atoms with van der Waals surface area (Å²) in [6.07, 6.45) is 3.12. The van der Waals surface area contributed by atoms with Crippen molar-refractivity contribution in [2.24, 2.45) is 5.41 Å². The minimum atomic E-state index is -0.352. The van der Waals surface area contributed by atoms with E-state index in [1.807, 2.05) is 19.9 Å². The summed E-state index contributed by atoms with van der Waals surface area (Å²) in [5.74, 6) is 0.0307. The summed E-state index contributed by atoms with van der Waals surface area (Å²) in [7, 11) is 1.38. The molecule has 0 aliphatic heterocycles. The number of hydrogen-bond acceptors (Lipinski definition) is 6. The van der Waals surface area contributed by atoms with Gasteiger partial charge in [0.2, 0.25) is 0 Å². The number of benzene rings is 1. The van der Waals surface area contributed by atoms with Crippen LogP contribution >= 0.6 is 0 Å². The first-order chi connectivity index (χ1) is 14.6. The number of nitrogens with zero attached hydrogens (tertiary/aromatic N) is 3. The summed E-state index contributed by atoms with van der Waals surface area (Å²) in [6.45, 7) is 10.5. The van der Waals surface area contributed by atoms with Crippen LogP contribution in [0.3, 0.4) is 0 Å². The Bertz CT molecular complexity index is 1130. The number of carbonyl (C=O) groups excluding carboxylic acids is 2. The third-order valence-corrected chi connectivity index (χ3v) is 4.80. The molecule has 1 aromatic carbocycles. The van der Waals surface area contributed by atoms with Gasteiger partial charge in [0.15, 0.2) is 5.82 Å². The Hall–Kier alpha value is -3.46. The maximum Gasteiger partial charge on any atom is 0.274 e. The minimum absolute atomic E-state index is 0.0209. The molecule has 2 heterocycles. The van der Waals surface area contributed by atoms with Gasteiger partial charge in [-0.05, 0) is 42.5 Å². The molecule has 3 aromatic rings. The van der Waals surface area contributed by atoms with Gasteiger partial charge in [-0.15, -0.1) is 0 Å². The predicted molar refractivity (Wildman–Crippen MR) is 118 cm³/mol. The van der Waals surface area contributed by atoms with Gasteiger partial charge < -0.3 is 10.6 Å². The van der Waals surface area contributed by atoms with E-state index >= 15 is 0 Å². The molecule has 0 aliphatic rings. The van der Waals surface area contributed by atoms with Gasteiger partial charge in [-0.25, -0.2) is 15.0 Å². The van der Waals surface area contributed by atoms with Gasteiger partial charge in [-0.3, -0.25) is 14.4 Å². The molecule has 164 valence electrons. The number of hydrogen-bond donors (Lipinski definition) is 3. The molecule has 3 rings (SSSR count). The summed E-state index contributed by atoms with van der Waals surface area (Å²) in [4.78, 5) is 33.9. The summed E-state index contributed by atoms with van der Waals surface area (Å²) in [5, 5.41) is 10.5. The zero-order valence-electron chi connectivity index (χ0n) is 18.7. The standard InChI is InChI=1S/C22H28N6O3/c1-13-7-8-15(20(29)27-31-6)9-17(13)26-19-18-14(2)16(10-28(18)25-12-24-19)21(30)23-11-22(3,4)5/h7-10,12H,11H2,1-6H3,(H,23,30)(H,27,29)(H,24,25,26). The van der Waals surface area contributed by atoms with Crippen molar-refractivity contribution in [1.29, 1.82) is 0 Å². The zero-order valence-corrected chi connectivity index (χ0v) is 18.7. The van der Waals surface area contributed by atoms with Crippen LogP contribution in [-0.2, 0) is 4.84 Å². The van der Waals surface area contributed by atoms with E-state index in [0.29, 0.717) is 34.7 Å². The second kappa shape index (κ2) is 8.73. The number of aryl methyl sites for hydroxylation is 2. The van der Waals surface area contributed by atoms with Crippen LogP contribution in [0.15, 0.2) is 30.7 Å². The van der Waals surface area contributed by atoms with Gasteiger partial charge >= 0.3 is 0 Å². The molecule has 0 atom stereocenters. The van der Waals surface area contributed by atoms with Crippen molar-refractivity contribution >= 4 is 28.8 Å². The van der Waals surface area contributed by atoms with Crippen molar-refractivity contribution in [2.75, 3.05) is 19.0 Å². The van der Waals surface area contributed by atoms with Crippen LogP contribution in [0.25, 0.3) is 5.52 Å². The van der Waals surface area contributed by atoms with Crippen LogP contribution in [0.2, 0.25) is 0 Å². The fourth-order valence-electron chi connectivity index (χ4n) is 3.10. The minimum Gasteiger partial charge on any atom is -0.351 e. The lowest BCUT2D eigenvalue weighted by molar-refractivity contribution is 0.0537. The lowest BCUT2D eigenvalue weighted by Gasteiger charge is -2.18. The number of fused-ring (bicyclic) bond motifs is 1. The highest BCUT2D eigenvalue weighted by Gasteiger charge is 2.20. The highest BCUT2D eigenvalue weighted by molar-refractivity contribution is 5.99. The van der Waals surface area contributed by atoms with E-state index in [-0.39, 0.29) is 17.2 Å². The molecule has 0 fully saturated rings. The molecule has 2 aromatic heterocycles. The van der Waals surface area contributed by atoms with E-state index in [1.165, 1.54) is 13.4 Å². The van der Waals surface area contributed by atoms with Crippen LogP contribution < -0.4 is 16.1 Å². The van der Waals surface area contributed by atoms with E-state index in [0.717, 1.165) is 11.1 Å². The van der Waals surface area contributed by atoms with E-state index < -0.39 is 0 Å². The average molecular weight is 425 g/mol. The Morgan fingerprint density at radius 2 is 1.90 bits per heavy atom. The fraction of sp³-hybridized carbons (Fsp3) is 0.364. The number of anilines is 2. The van der Waals surface area contributed by atoms with E-state index in [4.69, 9.17) is 4.84 Å². The smallest absolute Gasteiger partial charge is 0.274 e. The largest absolute Gasteiger partial charge is 0.351 e. The van der Waals surface area contributed by atoms with Gasteiger partial charge in [0.1, 0.15) is 11.8 Å². The maximum absolute atomic E-state index is 12.7. The quantitative estimate of drug-likeness (QED) is 0.525. The van der Waals surface area contributed by atoms with E-state index in [2.05, 4.69) is 47.0 Å².